The molecule has 0 atom stereocenters. The van der Waals surface area contributed by atoms with Crippen molar-refractivity contribution in [3.63, 3.8) is 0 Å². The van der Waals surface area contributed by atoms with Crippen LogP contribution in [0.4, 0.5) is 0 Å². The lowest BCUT2D eigenvalue weighted by Gasteiger charge is -2.33. The first kappa shape index (κ1) is 10.4. The number of nitrogens with one attached hydrogen (secondary N) is 1. The summed E-state index contributed by atoms with van der Waals surface area (Å²) >= 11 is 0. The molecule has 1 spiro atoms. The third kappa shape index (κ3) is 1.94. The van der Waals surface area contributed by atoms with Crippen LogP contribution in [0.5, 0.6) is 0 Å². The Morgan fingerprint density at radius 1 is 1.21 bits per heavy atom. The predicted molar refractivity (Wildman–Crippen MR) is 55.6 cm³/mol. The van der Waals surface area contributed by atoms with Gasteiger partial charge in [-0.25, -0.2) is 12.7 Å². The fraction of sp³-hybridized carbons (Fsp3) is 1.00. The van der Waals surface area contributed by atoms with E-state index in [1.54, 1.807) is 4.31 Å². The molecule has 0 aromatic heterocycles. The van der Waals surface area contributed by atoms with Crippen molar-refractivity contribution >= 4 is 10.0 Å². The monoisotopic (exact) mass is 218 g/mol. The summed E-state index contributed by atoms with van der Waals surface area (Å²) in [6.07, 6.45) is 4.60. The van der Waals surface area contributed by atoms with Crippen molar-refractivity contribution < 1.29 is 8.42 Å². The van der Waals surface area contributed by atoms with Crippen LogP contribution in [0.1, 0.15) is 19.3 Å². The molecule has 0 radical (unpaired) electrons. The van der Waals surface area contributed by atoms with Crippen LogP contribution < -0.4 is 5.32 Å². The SMILES string of the molecule is CS(=O)(=O)N1CCC2(CCNCC2)C1. The molecule has 5 heteroatoms. The van der Waals surface area contributed by atoms with E-state index in [2.05, 4.69) is 5.32 Å². The highest BCUT2D eigenvalue weighted by Crippen LogP contribution is 2.39. The van der Waals surface area contributed by atoms with Gasteiger partial charge in [0.1, 0.15) is 0 Å². The molecule has 2 saturated heterocycles. The Labute approximate surface area is 85.7 Å². The first-order valence-electron chi connectivity index (χ1n) is 5.18. The van der Waals surface area contributed by atoms with Crippen LogP contribution in [0, 0.1) is 5.41 Å². The third-order valence-corrected chi connectivity index (χ3v) is 4.79. The van der Waals surface area contributed by atoms with E-state index in [-0.39, 0.29) is 5.41 Å². The van der Waals surface area contributed by atoms with E-state index in [0.29, 0.717) is 0 Å². The summed E-state index contributed by atoms with van der Waals surface area (Å²) in [6.45, 7) is 3.54. The summed E-state index contributed by atoms with van der Waals surface area (Å²) in [5.74, 6) is 0. The molecule has 0 aromatic carbocycles. The first-order valence-corrected chi connectivity index (χ1v) is 7.03. The van der Waals surface area contributed by atoms with Crippen molar-refractivity contribution in [2.75, 3.05) is 32.4 Å². The van der Waals surface area contributed by atoms with Crippen molar-refractivity contribution in [2.24, 2.45) is 5.41 Å². The number of nitrogens with zero attached hydrogens (tertiary/aromatic N) is 1. The summed E-state index contributed by atoms with van der Waals surface area (Å²) < 4.78 is 24.4. The van der Waals surface area contributed by atoms with E-state index in [1.807, 2.05) is 0 Å². The van der Waals surface area contributed by atoms with Gasteiger partial charge in [-0.1, -0.05) is 0 Å². The van der Waals surface area contributed by atoms with Crippen LogP contribution in [0.25, 0.3) is 0 Å². The van der Waals surface area contributed by atoms with E-state index < -0.39 is 10.0 Å². The molecule has 0 saturated carbocycles. The van der Waals surface area contributed by atoms with Gasteiger partial charge in [0, 0.05) is 13.1 Å². The maximum Gasteiger partial charge on any atom is 0.211 e. The number of rotatable bonds is 1. The second-order valence-corrected chi connectivity index (χ2v) is 6.58. The van der Waals surface area contributed by atoms with E-state index >= 15 is 0 Å². The zero-order valence-corrected chi connectivity index (χ0v) is 9.44. The fourth-order valence-electron chi connectivity index (χ4n) is 2.54. The number of hydrogen-bond acceptors (Lipinski definition) is 3. The van der Waals surface area contributed by atoms with Gasteiger partial charge in [0.15, 0.2) is 0 Å². The Balaban J connectivity index is 2.06. The summed E-state index contributed by atoms with van der Waals surface area (Å²) in [5.41, 5.74) is 0.286. The molecule has 2 heterocycles. The molecule has 1 N–H and O–H groups in total. The van der Waals surface area contributed by atoms with Crippen LogP contribution in [0.15, 0.2) is 0 Å². The number of hydrogen-bond donors (Lipinski definition) is 1. The minimum atomic E-state index is -2.96. The number of piperidine rings is 1. The van der Waals surface area contributed by atoms with Crippen molar-refractivity contribution in [3.8, 4) is 0 Å². The zero-order chi connectivity index (χ0) is 10.2. The molecule has 0 amide bonds. The quantitative estimate of drug-likeness (QED) is 0.675. The van der Waals surface area contributed by atoms with Gasteiger partial charge in [-0.3, -0.25) is 0 Å². The molecule has 0 aliphatic carbocycles. The van der Waals surface area contributed by atoms with Crippen LogP contribution in [-0.4, -0.2) is 45.2 Å². The molecule has 2 aliphatic heterocycles. The molecular weight excluding hydrogens is 200 g/mol. The normalized spacial score (nSPS) is 28.4. The van der Waals surface area contributed by atoms with E-state index in [0.717, 1.165) is 45.4 Å². The van der Waals surface area contributed by atoms with Gasteiger partial charge in [0.05, 0.1) is 6.26 Å². The lowest BCUT2D eigenvalue weighted by Crippen LogP contribution is -2.39. The Morgan fingerprint density at radius 3 is 2.36 bits per heavy atom. The van der Waals surface area contributed by atoms with E-state index in [9.17, 15) is 8.42 Å². The Hall–Kier alpha value is -0.130. The highest BCUT2D eigenvalue weighted by Gasteiger charge is 2.41. The maximum absolute atomic E-state index is 11.4. The summed E-state index contributed by atoms with van der Waals surface area (Å²) in [6, 6.07) is 0. The summed E-state index contributed by atoms with van der Waals surface area (Å²) in [7, 11) is -2.96. The predicted octanol–water partition coefficient (Wildman–Crippen LogP) is 0.0215. The van der Waals surface area contributed by atoms with Crippen molar-refractivity contribution in [2.45, 2.75) is 19.3 Å². The molecule has 14 heavy (non-hydrogen) atoms. The average molecular weight is 218 g/mol. The highest BCUT2D eigenvalue weighted by molar-refractivity contribution is 7.88. The molecule has 4 nitrogen and oxygen atoms in total. The van der Waals surface area contributed by atoms with Gasteiger partial charge in [0.2, 0.25) is 10.0 Å². The molecule has 0 bridgehead atoms. The van der Waals surface area contributed by atoms with E-state index in [1.165, 1.54) is 6.26 Å². The zero-order valence-electron chi connectivity index (χ0n) is 8.62. The minimum Gasteiger partial charge on any atom is -0.317 e. The topological polar surface area (TPSA) is 49.4 Å². The second kappa shape index (κ2) is 3.47. The third-order valence-electron chi connectivity index (χ3n) is 3.54. The van der Waals surface area contributed by atoms with E-state index in [4.69, 9.17) is 0 Å². The van der Waals surface area contributed by atoms with Crippen molar-refractivity contribution in [1.82, 2.24) is 9.62 Å². The molecule has 2 rings (SSSR count). The molecular formula is C9H18N2O2S. The first-order chi connectivity index (χ1) is 6.52. The largest absolute Gasteiger partial charge is 0.317 e. The van der Waals surface area contributed by atoms with Crippen LogP contribution in [0.2, 0.25) is 0 Å². The molecule has 0 unspecified atom stereocenters. The lowest BCUT2D eigenvalue weighted by atomic mass is 9.78. The Kier molecular flexibility index (Phi) is 2.57. The molecule has 0 aromatic rings. The van der Waals surface area contributed by atoms with Crippen LogP contribution >= 0.6 is 0 Å². The highest BCUT2D eigenvalue weighted by atomic mass is 32.2. The fourth-order valence-corrected chi connectivity index (χ4v) is 3.47. The van der Waals surface area contributed by atoms with Gasteiger partial charge >= 0.3 is 0 Å². The van der Waals surface area contributed by atoms with Crippen LogP contribution in [0.3, 0.4) is 0 Å². The minimum absolute atomic E-state index is 0.286. The van der Waals surface area contributed by atoms with Gasteiger partial charge < -0.3 is 5.32 Å². The smallest absolute Gasteiger partial charge is 0.211 e. The Bertz CT molecular complexity index is 307. The van der Waals surface area contributed by atoms with Gasteiger partial charge in [0.25, 0.3) is 0 Å². The standard InChI is InChI=1S/C9H18N2O2S/c1-14(12,13)11-7-4-9(8-11)2-5-10-6-3-9/h10H,2-8H2,1H3. The van der Waals surface area contributed by atoms with Gasteiger partial charge in [-0.2, -0.15) is 0 Å². The van der Waals surface area contributed by atoms with Crippen molar-refractivity contribution in [3.05, 3.63) is 0 Å². The van der Waals surface area contributed by atoms with Crippen molar-refractivity contribution in [1.29, 1.82) is 0 Å². The van der Waals surface area contributed by atoms with Gasteiger partial charge in [-0.15, -0.1) is 0 Å². The lowest BCUT2D eigenvalue weighted by molar-refractivity contribution is 0.218. The molecule has 2 fully saturated rings. The van der Waals surface area contributed by atoms with Gasteiger partial charge in [-0.05, 0) is 37.8 Å². The summed E-state index contributed by atoms with van der Waals surface area (Å²) in [4.78, 5) is 0. The molecule has 82 valence electrons. The second-order valence-electron chi connectivity index (χ2n) is 4.60. The van der Waals surface area contributed by atoms with Crippen LogP contribution in [-0.2, 0) is 10.0 Å². The molecule has 2 aliphatic rings. The summed E-state index contributed by atoms with van der Waals surface area (Å²) in [5, 5.41) is 3.32. The maximum atomic E-state index is 11.4. The average Bonchev–Trinajstić information content (AvgIpc) is 2.50. The number of sulfonamides is 1. The Morgan fingerprint density at radius 2 is 1.86 bits per heavy atom.